The first-order valence-corrected chi connectivity index (χ1v) is 8.53. The number of amides is 1. The zero-order valence-electron chi connectivity index (χ0n) is 15.1. The fourth-order valence-electron chi connectivity index (χ4n) is 2.56. The van der Waals surface area contributed by atoms with E-state index in [0.29, 0.717) is 17.1 Å². The number of nitrogens with zero attached hydrogens (tertiary/aromatic N) is 1. The number of carbonyl (C=O) groups is 2. The van der Waals surface area contributed by atoms with E-state index in [9.17, 15) is 9.59 Å². The Morgan fingerprint density at radius 2 is 1.96 bits per heavy atom. The zero-order valence-corrected chi connectivity index (χ0v) is 15.1. The molecule has 0 spiro atoms. The van der Waals surface area contributed by atoms with Crippen LogP contribution in [0.4, 0.5) is 0 Å². The average molecular weight is 382 g/mol. The standard InChI is InChI=1S/C20H18N2O6/c1-13(14-6-7-17-18(8-14)28-12-27-17)22-19(23)10-26-20(24)11-25-16-5-3-2-4-15(16)9-21/h2-8,13H,10-12H2,1H3,(H,22,23)/t13-/m0/s1. The summed E-state index contributed by atoms with van der Waals surface area (Å²) in [4.78, 5) is 23.8. The van der Waals surface area contributed by atoms with Gasteiger partial charge in [-0.2, -0.15) is 5.26 Å². The summed E-state index contributed by atoms with van der Waals surface area (Å²) in [5, 5.41) is 11.7. The summed E-state index contributed by atoms with van der Waals surface area (Å²) in [6, 6.07) is 13.6. The van der Waals surface area contributed by atoms with Crippen molar-refractivity contribution in [3.63, 3.8) is 0 Å². The van der Waals surface area contributed by atoms with E-state index in [4.69, 9.17) is 24.2 Å². The fraction of sp³-hybridized carbons (Fsp3) is 0.250. The molecule has 0 radical (unpaired) electrons. The van der Waals surface area contributed by atoms with E-state index < -0.39 is 25.1 Å². The second-order valence-corrected chi connectivity index (χ2v) is 5.96. The van der Waals surface area contributed by atoms with Crippen molar-refractivity contribution in [1.29, 1.82) is 5.26 Å². The molecule has 3 rings (SSSR count). The zero-order chi connectivity index (χ0) is 19.9. The first-order chi connectivity index (χ1) is 13.6. The van der Waals surface area contributed by atoms with Crippen LogP contribution < -0.4 is 19.5 Å². The van der Waals surface area contributed by atoms with E-state index in [1.807, 2.05) is 12.1 Å². The van der Waals surface area contributed by atoms with Crippen LogP contribution in [0.15, 0.2) is 42.5 Å². The van der Waals surface area contributed by atoms with Crippen molar-refractivity contribution in [2.24, 2.45) is 0 Å². The lowest BCUT2D eigenvalue weighted by Gasteiger charge is -2.15. The highest BCUT2D eigenvalue weighted by molar-refractivity contribution is 5.81. The first-order valence-electron chi connectivity index (χ1n) is 8.53. The van der Waals surface area contributed by atoms with Gasteiger partial charge in [0, 0.05) is 0 Å². The van der Waals surface area contributed by atoms with Crippen molar-refractivity contribution >= 4 is 11.9 Å². The topological polar surface area (TPSA) is 107 Å². The van der Waals surface area contributed by atoms with Crippen molar-refractivity contribution in [2.75, 3.05) is 20.0 Å². The van der Waals surface area contributed by atoms with Gasteiger partial charge in [0.2, 0.25) is 6.79 Å². The molecule has 1 heterocycles. The maximum atomic E-state index is 12.0. The third-order valence-electron chi connectivity index (χ3n) is 3.99. The Morgan fingerprint density at radius 1 is 1.18 bits per heavy atom. The smallest absolute Gasteiger partial charge is 0.344 e. The molecule has 0 saturated carbocycles. The SMILES string of the molecule is C[C@H](NC(=O)COC(=O)COc1ccccc1C#N)c1ccc2c(c1)OCO2. The number of ether oxygens (including phenoxy) is 4. The summed E-state index contributed by atoms with van der Waals surface area (Å²) < 4.78 is 20.7. The Bertz CT molecular complexity index is 921. The summed E-state index contributed by atoms with van der Waals surface area (Å²) in [5.74, 6) is 0.409. The summed E-state index contributed by atoms with van der Waals surface area (Å²) in [6.07, 6.45) is 0. The third-order valence-corrected chi connectivity index (χ3v) is 3.99. The quantitative estimate of drug-likeness (QED) is 0.731. The molecule has 144 valence electrons. The molecular weight excluding hydrogens is 364 g/mol. The second kappa shape index (κ2) is 8.77. The Labute approximate surface area is 161 Å². The molecule has 0 unspecified atom stereocenters. The minimum Gasteiger partial charge on any atom is -0.481 e. The van der Waals surface area contributed by atoms with Crippen molar-refractivity contribution in [3.8, 4) is 23.3 Å². The van der Waals surface area contributed by atoms with Crippen LogP contribution in [-0.2, 0) is 14.3 Å². The molecule has 8 heteroatoms. The van der Waals surface area contributed by atoms with E-state index in [0.717, 1.165) is 5.56 Å². The molecule has 0 aliphatic carbocycles. The van der Waals surface area contributed by atoms with Gasteiger partial charge in [-0.3, -0.25) is 4.79 Å². The molecule has 0 fully saturated rings. The van der Waals surface area contributed by atoms with Crippen molar-refractivity contribution in [2.45, 2.75) is 13.0 Å². The largest absolute Gasteiger partial charge is 0.481 e. The van der Waals surface area contributed by atoms with Gasteiger partial charge < -0.3 is 24.3 Å². The van der Waals surface area contributed by atoms with E-state index in [-0.39, 0.29) is 18.6 Å². The van der Waals surface area contributed by atoms with Crippen molar-refractivity contribution in [1.82, 2.24) is 5.32 Å². The molecule has 8 nitrogen and oxygen atoms in total. The molecule has 0 bridgehead atoms. The van der Waals surface area contributed by atoms with Crippen molar-refractivity contribution in [3.05, 3.63) is 53.6 Å². The number of esters is 1. The molecule has 2 aromatic carbocycles. The maximum absolute atomic E-state index is 12.0. The summed E-state index contributed by atoms with van der Waals surface area (Å²) in [7, 11) is 0. The van der Waals surface area contributed by atoms with Crippen LogP contribution >= 0.6 is 0 Å². The van der Waals surface area contributed by atoms with Gasteiger partial charge in [0.1, 0.15) is 11.8 Å². The van der Waals surface area contributed by atoms with Gasteiger partial charge in [0.15, 0.2) is 24.7 Å². The molecule has 1 aliphatic rings. The Balaban J connectivity index is 1.43. The van der Waals surface area contributed by atoms with Gasteiger partial charge in [0.05, 0.1) is 11.6 Å². The summed E-state index contributed by atoms with van der Waals surface area (Å²) in [6.45, 7) is 1.15. The molecule has 1 aliphatic heterocycles. The highest BCUT2D eigenvalue weighted by atomic mass is 16.7. The van der Waals surface area contributed by atoms with Crippen LogP contribution in [0, 0.1) is 11.3 Å². The maximum Gasteiger partial charge on any atom is 0.344 e. The molecule has 0 aromatic heterocycles. The fourth-order valence-corrected chi connectivity index (χ4v) is 2.56. The lowest BCUT2D eigenvalue weighted by Crippen LogP contribution is -2.32. The molecule has 1 atom stereocenters. The normalized spacial score (nSPS) is 12.6. The minimum absolute atomic E-state index is 0.177. The Hall–Kier alpha value is -3.73. The number of hydrogen-bond acceptors (Lipinski definition) is 7. The van der Waals surface area contributed by atoms with Gasteiger partial charge >= 0.3 is 5.97 Å². The molecule has 1 amide bonds. The predicted molar refractivity (Wildman–Crippen MR) is 96.7 cm³/mol. The van der Waals surface area contributed by atoms with E-state index in [2.05, 4.69) is 5.32 Å². The predicted octanol–water partition coefficient (Wildman–Crippen LogP) is 2.09. The second-order valence-electron chi connectivity index (χ2n) is 5.96. The van der Waals surface area contributed by atoms with Crippen LogP contribution in [0.1, 0.15) is 24.1 Å². The number of carbonyl (C=O) groups excluding carboxylic acids is 2. The molecule has 2 aromatic rings. The van der Waals surface area contributed by atoms with Crippen LogP contribution in [0.25, 0.3) is 0 Å². The number of rotatable bonds is 7. The highest BCUT2D eigenvalue weighted by Gasteiger charge is 2.17. The highest BCUT2D eigenvalue weighted by Crippen LogP contribution is 2.34. The molecular formula is C20H18N2O6. The van der Waals surface area contributed by atoms with Crippen LogP contribution in [-0.4, -0.2) is 31.9 Å². The van der Waals surface area contributed by atoms with Gasteiger partial charge in [0.25, 0.3) is 5.91 Å². The van der Waals surface area contributed by atoms with Crippen LogP contribution in [0.2, 0.25) is 0 Å². The lowest BCUT2D eigenvalue weighted by molar-refractivity contribution is -0.150. The minimum atomic E-state index is -0.710. The lowest BCUT2D eigenvalue weighted by atomic mass is 10.1. The number of para-hydroxylation sites is 1. The third kappa shape index (κ3) is 4.71. The molecule has 1 N–H and O–H groups in total. The van der Waals surface area contributed by atoms with Crippen LogP contribution in [0.3, 0.4) is 0 Å². The van der Waals surface area contributed by atoms with Crippen LogP contribution in [0.5, 0.6) is 17.2 Å². The molecule has 28 heavy (non-hydrogen) atoms. The number of nitriles is 1. The Kier molecular flexibility index (Phi) is 5.97. The number of nitrogens with one attached hydrogen (secondary N) is 1. The van der Waals surface area contributed by atoms with E-state index >= 15 is 0 Å². The summed E-state index contributed by atoms with van der Waals surface area (Å²) in [5.41, 5.74) is 1.14. The number of hydrogen-bond donors (Lipinski definition) is 1. The average Bonchev–Trinajstić information content (AvgIpc) is 3.18. The first kappa shape index (κ1) is 19.0. The van der Waals surface area contributed by atoms with Gasteiger partial charge in [-0.05, 0) is 36.8 Å². The van der Waals surface area contributed by atoms with E-state index in [1.165, 1.54) is 0 Å². The number of fused-ring (bicyclic) bond motifs is 1. The summed E-state index contributed by atoms with van der Waals surface area (Å²) >= 11 is 0. The Morgan fingerprint density at radius 3 is 2.79 bits per heavy atom. The van der Waals surface area contributed by atoms with Crippen molar-refractivity contribution < 1.29 is 28.5 Å². The monoisotopic (exact) mass is 382 g/mol. The number of benzene rings is 2. The van der Waals surface area contributed by atoms with Gasteiger partial charge in [-0.1, -0.05) is 18.2 Å². The van der Waals surface area contributed by atoms with Gasteiger partial charge in [-0.15, -0.1) is 0 Å². The molecule has 0 saturated heterocycles. The van der Waals surface area contributed by atoms with E-state index in [1.54, 1.807) is 43.3 Å². The van der Waals surface area contributed by atoms with Gasteiger partial charge in [-0.25, -0.2) is 4.79 Å².